The van der Waals surface area contributed by atoms with Gasteiger partial charge in [0.05, 0.1) is 0 Å². The molecule has 0 aromatic heterocycles. The summed E-state index contributed by atoms with van der Waals surface area (Å²) in [7, 11) is 4.30. The number of hydrogen-bond acceptors (Lipinski definition) is 6. The molecule has 2 fully saturated rings. The number of carbonyl (C=O) groups excluding carboxylic acids is 2. The monoisotopic (exact) mass is 540 g/mol. The van der Waals surface area contributed by atoms with Crippen LogP contribution >= 0.6 is 0 Å². The summed E-state index contributed by atoms with van der Waals surface area (Å²) < 4.78 is 0. The highest BCUT2D eigenvalue weighted by molar-refractivity contribution is 6.10. The molecule has 2 aliphatic rings. The van der Waals surface area contributed by atoms with Gasteiger partial charge in [0.2, 0.25) is 11.8 Å². The smallest absolute Gasteiger partial charge is 0.249 e. The molecule has 0 radical (unpaired) electrons. The SMILES string of the molecule is CN1CCC(Nc2ccc(-c3c(C(N)=O)ccc(C(N)=O)c3-c3ccc(NC4CCN(C)CC4)cc3)cc2)CC1. The third-order valence-electron chi connectivity index (χ3n) is 8.26. The van der Waals surface area contributed by atoms with Crippen molar-refractivity contribution >= 4 is 23.2 Å². The molecule has 0 aliphatic carbocycles. The van der Waals surface area contributed by atoms with Gasteiger partial charge in [-0.25, -0.2) is 0 Å². The number of nitrogens with one attached hydrogen (secondary N) is 2. The molecule has 3 aromatic carbocycles. The van der Waals surface area contributed by atoms with Gasteiger partial charge in [0.1, 0.15) is 0 Å². The highest BCUT2D eigenvalue weighted by atomic mass is 16.1. The number of rotatable bonds is 8. The van der Waals surface area contributed by atoms with Gasteiger partial charge in [-0.2, -0.15) is 0 Å². The summed E-state index contributed by atoms with van der Waals surface area (Å²) in [5.41, 5.74) is 17.3. The van der Waals surface area contributed by atoms with Crippen LogP contribution in [0.2, 0.25) is 0 Å². The first kappa shape index (κ1) is 27.7. The average molecular weight is 541 g/mol. The van der Waals surface area contributed by atoms with Crippen molar-refractivity contribution in [3.8, 4) is 22.3 Å². The van der Waals surface area contributed by atoms with Gasteiger partial charge in [-0.3, -0.25) is 9.59 Å². The summed E-state index contributed by atoms with van der Waals surface area (Å²) in [4.78, 5) is 29.9. The third kappa shape index (κ3) is 6.29. The van der Waals surface area contributed by atoms with Gasteiger partial charge in [-0.15, -0.1) is 0 Å². The fourth-order valence-corrected chi connectivity index (χ4v) is 5.86. The zero-order chi connectivity index (χ0) is 28.2. The van der Waals surface area contributed by atoms with Crippen molar-refractivity contribution in [1.29, 1.82) is 0 Å². The lowest BCUT2D eigenvalue weighted by atomic mass is 9.86. The first-order chi connectivity index (χ1) is 19.3. The second kappa shape index (κ2) is 12.1. The Morgan fingerprint density at radius 2 is 0.925 bits per heavy atom. The minimum absolute atomic E-state index is 0.351. The fourth-order valence-electron chi connectivity index (χ4n) is 5.86. The first-order valence-electron chi connectivity index (χ1n) is 14.2. The van der Waals surface area contributed by atoms with Crippen molar-refractivity contribution in [3.05, 3.63) is 71.8 Å². The van der Waals surface area contributed by atoms with E-state index in [1.54, 1.807) is 12.1 Å². The van der Waals surface area contributed by atoms with E-state index in [2.05, 4.69) is 34.5 Å². The summed E-state index contributed by atoms with van der Waals surface area (Å²) in [5.74, 6) is -1.11. The van der Waals surface area contributed by atoms with Crippen LogP contribution in [0.1, 0.15) is 46.4 Å². The van der Waals surface area contributed by atoms with Crippen LogP contribution in [0.3, 0.4) is 0 Å². The molecule has 0 bridgehead atoms. The van der Waals surface area contributed by atoms with Crippen LogP contribution < -0.4 is 22.1 Å². The molecule has 210 valence electrons. The number of anilines is 2. The lowest BCUT2D eigenvalue weighted by molar-refractivity contribution is 0.0989. The highest BCUT2D eigenvalue weighted by Gasteiger charge is 2.23. The number of primary amides is 2. The highest BCUT2D eigenvalue weighted by Crippen LogP contribution is 2.39. The van der Waals surface area contributed by atoms with Crippen molar-refractivity contribution < 1.29 is 9.59 Å². The Labute approximate surface area is 236 Å². The van der Waals surface area contributed by atoms with Gasteiger partial charge < -0.3 is 31.9 Å². The van der Waals surface area contributed by atoms with Gasteiger partial charge in [0, 0.05) is 45.7 Å². The van der Waals surface area contributed by atoms with Crippen LogP contribution in [-0.2, 0) is 0 Å². The molecule has 2 saturated heterocycles. The summed E-state index contributed by atoms with van der Waals surface area (Å²) >= 11 is 0. The lowest BCUT2D eigenvalue weighted by Gasteiger charge is -2.30. The number of piperidine rings is 2. The molecule has 2 heterocycles. The number of nitrogens with two attached hydrogens (primary N) is 2. The number of carbonyl (C=O) groups is 2. The van der Waals surface area contributed by atoms with E-state index in [0.717, 1.165) is 74.4 Å². The largest absolute Gasteiger partial charge is 0.382 e. The number of nitrogens with zero attached hydrogens (tertiary/aromatic N) is 2. The van der Waals surface area contributed by atoms with E-state index in [1.165, 1.54) is 0 Å². The molecule has 8 heteroatoms. The molecule has 0 atom stereocenters. The topological polar surface area (TPSA) is 117 Å². The van der Waals surface area contributed by atoms with Crippen LogP contribution in [0.25, 0.3) is 22.3 Å². The number of likely N-dealkylation sites (tertiary alicyclic amines) is 2. The maximum absolute atomic E-state index is 12.6. The van der Waals surface area contributed by atoms with Crippen molar-refractivity contribution in [1.82, 2.24) is 9.80 Å². The van der Waals surface area contributed by atoms with Crippen LogP contribution in [-0.4, -0.2) is 74.0 Å². The Kier molecular flexibility index (Phi) is 8.38. The van der Waals surface area contributed by atoms with E-state index in [1.807, 2.05) is 48.5 Å². The Bertz CT molecular complexity index is 1230. The Morgan fingerprint density at radius 1 is 0.600 bits per heavy atom. The first-order valence-corrected chi connectivity index (χ1v) is 14.2. The van der Waals surface area contributed by atoms with Crippen molar-refractivity contribution in [2.24, 2.45) is 11.5 Å². The zero-order valence-corrected chi connectivity index (χ0v) is 23.5. The maximum Gasteiger partial charge on any atom is 0.249 e. The second-order valence-electron chi connectivity index (χ2n) is 11.2. The van der Waals surface area contributed by atoms with Crippen molar-refractivity contribution in [2.75, 3.05) is 50.9 Å². The molecule has 0 spiro atoms. The predicted octanol–water partition coefficient (Wildman–Crippen LogP) is 4.23. The van der Waals surface area contributed by atoms with Gasteiger partial charge in [-0.1, -0.05) is 24.3 Å². The van der Waals surface area contributed by atoms with Gasteiger partial charge in [-0.05, 0) is 113 Å². The van der Waals surface area contributed by atoms with E-state index in [0.29, 0.717) is 34.3 Å². The van der Waals surface area contributed by atoms with Crippen molar-refractivity contribution in [2.45, 2.75) is 37.8 Å². The Balaban J connectivity index is 1.47. The second-order valence-corrected chi connectivity index (χ2v) is 11.2. The van der Waals surface area contributed by atoms with Crippen molar-refractivity contribution in [3.63, 3.8) is 0 Å². The molecular formula is C32H40N6O2. The quantitative estimate of drug-likeness (QED) is 0.340. The van der Waals surface area contributed by atoms with Gasteiger partial charge >= 0.3 is 0 Å². The van der Waals surface area contributed by atoms with Crippen LogP contribution in [0.5, 0.6) is 0 Å². The summed E-state index contributed by atoms with van der Waals surface area (Å²) in [6, 6.07) is 20.0. The molecule has 5 rings (SSSR count). The molecule has 40 heavy (non-hydrogen) atoms. The van der Waals surface area contributed by atoms with E-state index in [9.17, 15) is 9.59 Å². The molecule has 2 aliphatic heterocycles. The van der Waals surface area contributed by atoms with Crippen LogP contribution in [0.4, 0.5) is 11.4 Å². The fraction of sp³-hybridized carbons (Fsp3) is 0.375. The summed E-state index contributed by atoms with van der Waals surface area (Å²) in [5, 5.41) is 7.27. The molecule has 6 N–H and O–H groups in total. The van der Waals surface area contributed by atoms with E-state index in [4.69, 9.17) is 11.5 Å². The predicted molar refractivity (Wildman–Crippen MR) is 163 cm³/mol. The molecular weight excluding hydrogens is 500 g/mol. The van der Waals surface area contributed by atoms with Gasteiger partial charge in [0.15, 0.2) is 0 Å². The normalized spacial score (nSPS) is 17.4. The minimum Gasteiger partial charge on any atom is -0.382 e. The lowest BCUT2D eigenvalue weighted by Crippen LogP contribution is -2.36. The standard InChI is InChI=1S/C32H40N6O2/c1-37-17-13-25(14-18-37)35-23-7-3-21(4-8-23)29-27(31(33)39)11-12-28(32(34)40)30(29)22-5-9-24(10-6-22)36-26-15-19-38(2)20-16-26/h3-12,25-26,35-36H,13-20H2,1-2H3,(H2,33,39)(H2,34,40). The average Bonchev–Trinajstić information content (AvgIpc) is 2.95. The summed E-state index contributed by atoms with van der Waals surface area (Å²) in [6.07, 6.45) is 4.38. The molecule has 0 unspecified atom stereocenters. The molecule has 3 aromatic rings. The van der Waals surface area contributed by atoms with E-state index in [-0.39, 0.29) is 0 Å². The molecule has 0 saturated carbocycles. The molecule has 2 amide bonds. The number of hydrogen-bond donors (Lipinski definition) is 4. The zero-order valence-electron chi connectivity index (χ0n) is 23.5. The number of amides is 2. The van der Waals surface area contributed by atoms with E-state index >= 15 is 0 Å². The van der Waals surface area contributed by atoms with E-state index < -0.39 is 11.8 Å². The van der Waals surface area contributed by atoms with Gasteiger partial charge in [0.25, 0.3) is 0 Å². The number of benzene rings is 3. The summed E-state index contributed by atoms with van der Waals surface area (Å²) in [6.45, 7) is 4.31. The Hall–Kier alpha value is -3.88. The maximum atomic E-state index is 12.6. The van der Waals surface area contributed by atoms with Crippen LogP contribution in [0.15, 0.2) is 60.7 Å². The van der Waals surface area contributed by atoms with Crippen LogP contribution in [0, 0.1) is 0 Å². The minimum atomic E-state index is -0.554. The molecule has 8 nitrogen and oxygen atoms in total. The Morgan fingerprint density at radius 3 is 1.23 bits per heavy atom. The third-order valence-corrected chi connectivity index (χ3v) is 8.26.